The largest absolute Gasteiger partial charge is 0.464 e. The molecule has 1 aromatic heterocycles. The summed E-state index contributed by atoms with van der Waals surface area (Å²) in [6.07, 6.45) is 10.3. The first kappa shape index (κ1) is 22.2. The highest BCUT2D eigenvalue weighted by Crippen LogP contribution is 2.38. The van der Waals surface area contributed by atoms with Crippen LogP contribution in [0.25, 0.3) is 11.1 Å². The summed E-state index contributed by atoms with van der Waals surface area (Å²) in [4.78, 5) is 25.9. The molecule has 5 rings (SSSR count). The number of rotatable bonds is 7. The van der Waals surface area contributed by atoms with Crippen molar-refractivity contribution in [3.8, 4) is 11.1 Å². The molecule has 0 saturated heterocycles. The molecule has 7 heteroatoms. The third-order valence-corrected chi connectivity index (χ3v) is 6.79. The van der Waals surface area contributed by atoms with Gasteiger partial charge < -0.3 is 15.4 Å². The average Bonchev–Trinajstić information content (AvgIpc) is 3.60. The van der Waals surface area contributed by atoms with Gasteiger partial charge in [0.05, 0.1) is 12.8 Å². The summed E-state index contributed by atoms with van der Waals surface area (Å²) in [6.45, 7) is 2.03. The summed E-state index contributed by atoms with van der Waals surface area (Å²) in [5, 5.41) is 12.8. The number of esters is 1. The van der Waals surface area contributed by atoms with Gasteiger partial charge >= 0.3 is 12.0 Å². The van der Waals surface area contributed by atoms with Gasteiger partial charge in [-0.05, 0) is 78.8 Å². The topological polar surface area (TPSA) is 96.1 Å². The first-order valence-corrected chi connectivity index (χ1v) is 12.1. The van der Waals surface area contributed by atoms with Crippen molar-refractivity contribution in [2.45, 2.75) is 57.9 Å². The molecule has 2 amide bonds. The standard InChI is InChI=1S/C27H30N4O3/c1-2-34-26(32)24(13-17-6-3-7-18(12-17)21-15-28-29-16-21)30-27(33)31-25-22-10-4-8-19(22)14-20-9-5-11-23(20)25/h3,6-7,12,14-16,24H,2,4-5,8-11,13H2,1H3,(H,28,29)(H2,30,31,33)/t24-/m1/s1. The van der Waals surface area contributed by atoms with Gasteiger partial charge in [-0.3, -0.25) is 5.10 Å². The molecule has 34 heavy (non-hydrogen) atoms. The second-order valence-electron chi connectivity index (χ2n) is 9.03. The average molecular weight is 459 g/mol. The fourth-order valence-electron chi connectivity index (χ4n) is 5.23. The first-order valence-electron chi connectivity index (χ1n) is 12.1. The van der Waals surface area contributed by atoms with Crippen molar-refractivity contribution in [2.75, 3.05) is 11.9 Å². The zero-order valence-electron chi connectivity index (χ0n) is 19.4. The fraction of sp³-hybridized carbons (Fsp3) is 0.370. The maximum Gasteiger partial charge on any atom is 0.329 e. The van der Waals surface area contributed by atoms with Gasteiger partial charge in [0.25, 0.3) is 0 Å². The molecule has 0 fully saturated rings. The molecule has 0 aliphatic heterocycles. The van der Waals surface area contributed by atoms with E-state index in [1.165, 1.54) is 22.3 Å². The Morgan fingerprint density at radius 3 is 2.50 bits per heavy atom. The monoisotopic (exact) mass is 458 g/mol. The van der Waals surface area contributed by atoms with E-state index in [2.05, 4.69) is 26.9 Å². The Labute approximate surface area is 199 Å². The second kappa shape index (κ2) is 9.71. The van der Waals surface area contributed by atoms with Crippen LogP contribution in [0.2, 0.25) is 0 Å². The van der Waals surface area contributed by atoms with E-state index in [0.717, 1.165) is 60.9 Å². The number of aromatic nitrogens is 2. The van der Waals surface area contributed by atoms with Crippen LogP contribution < -0.4 is 10.6 Å². The number of carbonyl (C=O) groups excluding carboxylic acids is 2. The Morgan fingerprint density at radius 1 is 1.06 bits per heavy atom. The number of nitrogens with zero attached hydrogens (tertiary/aromatic N) is 1. The summed E-state index contributed by atoms with van der Waals surface area (Å²) in [5.74, 6) is -0.435. The molecule has 3 aromatic rings. The van der Waals surface area contributed by atoms with E-state index in [0.29, 0.717) is 6.42 Å². The smallest absolute Gasteiger partial charge is 0.329 e. The second-order valence-corrected chi connectivity index (χ2v) is 9.03. The molecule has 0 unspecified atom stereocenters. The summed E-state index contributed by atoms with van der Waals surface area (Å²) >= 11 is 0. The van der Waals surface area contributed by atoms with Crippen LogP contribution in [0.15, 0.2) is 42.7 Å². The molecule has 7 nitrogen and oxygen atoms in total. The van der Waals surface area contributed by atoms with Crippen LogP contribution in [0.4, 0.5) is 10.5 Å². The number of fused-ring (bicyclic) bond motifs is 2. The highest BCUT2D eigenvalue weighted by molar-refractivity contribution is 5.94. The summed E-state index contributed by atoms with van der Waals surface area (Å²) in [7, 11) is 0. The van der Waals surface area contributed by atoms with Crippen molar-refractivity contribution in [1.29, 1.82) is 0 Å². The third-order valence-electron chi connectivity index (χ3n) is 6.79. The molecule has 0 spiro atoms. The molecular formula is C27H30N4O3. The van der Waals surface area contributed by atoms with E-state index < -0.39 is 12.0 Å². The van der Waals surface area contributed by atoms with Gasteiger partial charge in [-0.15, -0.1) is 0 Å². The van der Waals surface area contributed by atoms with Crippen LogP contribution in [0.3, 0.4) is 0 Å². The predicted molar refractivity (Wildman–Crippen MR) is 131 cm³/mol. The van der Waals surface area contributed by atoms with Crippen LogP contribution in [0.5, 0.6) is 0 Å². The molecule has 2 aliphatic rings. The highest BCUT2D eigenvalue weighted by Gasteiger charge is 2.27. The molecule has 1 heterocycles. The number of hydrogen-bond acceptors (Lipinski definition) is 4. The lowest BCUT2D eigenvalue weighted by Gasteiger charge is -2.20. The van der Waals surface area contributed by atoms with Crippen molar-refractivity contribution >= 4 is 17.7 Å². The fourth-order valence-corrected chi connectivity index (χ4v) is 5.23. The maximum atomic E-state index is 13.1. The number of carbonyl (C=O) groups is 2. The minimum Gasteiger partial charge on any atom is -0.464 e. The molecule has 0 bridgehead atoms. The van der Waals surface area contributed by atoms with Gasteiger partial charge in [-0.2, -0.15) is 5.10 Å². The maximum absolute atomic E-state index is 13.1. The van der Waals surface area contributed by atoms with Gasteiger partial charge in [-0.25, -0.2) is 9.59 Å². The molecule has 0 radical (unpaired) electrons. The number of urea groups is 1. The van der Waals surface area contributed by atoms with E-state index in [1.54, 1.807) is 13.1 Å². The van der Waals surface area contributed by atoms with Crippen molar-refractivity contribution in [2.24, 2.45) is 0 Å². The van der Waals surface area contributed by atoms with E-state index >= 15 is 0 Å². The quantitative estimate of drug-likeness (QED) is 0.459. The van der Waals surface area contributed by atoms with E-state index in [-0.39, 0.29) is 12.6 Å². The van der Waals surface area contributed by atoms with Crippen LogP contribution in [-0.2, 0) is 41.6 Å². The summed E-state index contributed by atoms with van der Waals surface area (Å²) in [5.41, 5.74) is 9.08. The summed E-state index contributed by atoms with van der Waals surface area (Å²) < 4.78 is 5.28. The highest BCUT2D eigenvalue weighted by atomic mass is 16.5. The molecular weight excluding hydrogens is 428 g/mol. The zero-order chi connectivity index (χ0) is 23.5. The lowest BCUT2D eigenvalue weighted by atomic mass is 9.98. The molecule has 2 aromatic carbocycles. The molecule has 1 atom stereocenters. The van der Waals surface area contributed by atoms with Crippen LogP contribution in [-0.4, -0.2) is 34.8 Å². The molecule has 176 valence electrons. The lowest BCUT2D eigenvalue weighted by Crippen LogP contribution is -2.45. The van der Waals surface area contributed by atoms with E-state index in [9.17, 15) is 9.59 Å². The third kappa shape index (κ3) is 4.55. The van der Waals surface area contributed by atoms with E-state index in [1.807, 2.05) is 30.5 Å². The zero-order valence-corrected chi connectivity index (χ0v) is 19.4. The van der Waals surface area contributed by atoms with Crippen molar-refractivity contribution in [3.63, 3.8) is 0 Å². The number of hydrogen-bond donors (Lipinski definition) is 3. The number of anilines is 1. The number of benzene rings is 2. The molecule has 3 N–H and O–H groups in total. The normalized spacial score (nSPS) is 14.9. The number of nitrogens with one attached hydrogen (secondary N) is 3. The van der Waals surface area contributed by atoms with Gasteiger partial charge in [0.1, 0.15) is 6.04 Å². The molecule has 2 aliphatic carbocycles. The van der Waals surface area contributed by atoms with Crippen molar-refractivity contribution in [3.05, 3.63) is 70.5 Å². The number of H-pyrrole nitrogens is 1. The van der Waals surface area contributed by atoms with Crippen LogP contribution in [0, 0.1) is 0 Å². The Bertz CT molecular complexity index is 1170. The van der Waals surface area contributed by atoms with Gasteiger partial charge in [0, 0.05) is 23.9 Å². The van der Waals surface area contributed by atoms with Gasteiger partial charge in [0.2, 0.25) is 0 Å². The molecule has 0 saturated carbocycles. The SMILES string of the molecule is CCOC(=O)[C@@H](Cc1cccc(-c2cn[nH]c2)c1)NC(=O)Nc1c2c(cc3c1CCC3)CCC2. The van der Waals surface area contributed by atoms with Gasteiger partial charge in [-0.1, -0.05) is 30.3 Å². The van der Waals surface area contributed by atoms with Crippen molar-refractivity contribution < 1.29 is 14.3 Å². The number of amides is 2. The minimum absolute atomic E-state index is 0.257. The number of aromatic amines is 1. The number of aryl methyl sites for hydroxylation is 2. The van der Waals surface area contributed by atoms with E-state index in [4.69, 9.17) is 4.74 Å². The first-order chi connectivity index (χ1) is 16.6. The number of ether oxygens (including phenoxy) is 1. The Balaban J connectivity index is 1.35. The minimum atomic E-state index is -0.788. The lowest BCUT2D eigenvalue weighted by molar-refractivity contribution is -0.145. The van der Waals surface area contributed by atoms with Gasteiger partial charge in [0.15, 0.2) is 0 Å². The van der Waals surface area contributed by atoms with Crippen LogP contribution in [0.1, 0.15) is 47.6 Å². The van der Waals surface area contributed by atoms with Crippen molar-refractivity contribution in [1.82, 2.24) is 15.5 Å². The Kier molecular flexibility index (Phi) is 6.34. The summed E-state index contributed by atoms with van der Waals surface area (Å²) in [6, 6.07) is 9.08. The Morgan fingerprint density at radius 2 is 1.82 bits per heavy atom. The van der Waals surface area contributed by atoms with Crippen LogP contribution >= 0.6 is 0 Å². The predicted octanol–water partition coefficient (Wildman–Crippen LogP) is 4.35. The Hall–Kier alpha value is -3.61.